The van der Waals surface area contributed by atoms with E-state index in [1.807, 2.05) is 0 Å². The molecular weight excluding hydrogens is 196 g/mol. The molecular formula is C8H10N6O. The van der Waals surface area contributed by atoms with Gasteiger partial charge >= 0.3 is 0 Å². The second kappa shape index (κ2) is 3.45. The molecule has 2 aromatic rings. The van der Waals surface area contributed by atoms with Crippen LogP contribution in [0.1, 0.15) is 0 Å². The van der Waals surface area contributed by atoms with Gasteiger partial charge in [-0.05, 0) is 12.1 Å². The molecule has 0 saturated carbocycles. The molecule has 0 saturated heterocycles. The number of pyridine rings is 1. The van der Waals surface area contributed by atoms with Crippen LogP contribution in [0.3, 0.4) is 0 Å². The van der Waals surface area contributed by atoms with Crippen molar-refractivity contribution < 1.29 is 4.74 Å². The Hall–Kier alpha value is -2.31. The third-order valence-corrected chi connectivity index (χ3v) is 1.93. The normalized spacial score (nSPS) is 10.2. The summed E-state index contributed by atoms with van der Waals surface area (Å²) >= 11 is 0. The van der Waals surface area contributed by atoms with Gasteiger partial charge in [0.2, 0.25) is 11.8 Å². The Balaban J connectivity index is 2.58. The molecule has 0 unspecified atom stereocenters. The first-order chi connectivity index (χ1) is 7.24. The minimum absolute atomic E-state index is 0.135. The van der Waals surface area contributed by atoms with Gasteiger partial charge in [0.15, 0.2) is 5.82 Å². The Bertz CT molecular complexity index is 480. The van der Waals surface area contributed by atoms with Gasteiger partial charge in [-0.2, -0.15) is 0 Å². The van der Waals surface area contributed by atoms with E-state index in [1.54, 1.807) is 18.3 Å². The Morgan fingerprint density at radius 1 is 1.40 bits per heavy atom. The van der Waals surface area contributed by atoms with Gasteiger partial charge < -0.3 is 16.3 Å². The zero-order valence-corrected chi connectivity index (χ0v) is 8.08. The summed E-state index contributed by atoms with van der Waals surface area (Å²) in [6.07, 6.45) is 1.61. The standard InChI is InChI=1S/C8H10N6O/c1-15-7-5(3-2-4-11-7)6-12-13-8(9)14(6)10/h2-4H,10H2,1H3,(H2,9,13). The van der Waals surface area contributed by atoms with Crippen LogP contribution in [0.4, 0.5) is 5.95 Å². The van der Waals surface area contributed by atoms with E-state index in [4.69, 9.17) is 16.3 Å². The van der Waals surface area contributed by atoms with E-state index in [1.165, 1.54) is 11.8 Å². The highest BCUT2D eigenvalue weighted by Crippen LogP contribution is 2.25. The molecule has 7 nitrogen and oxygen atoms in total. The van der Waals surface area contributed by atoms with Crippen molar-refractivity contribution in [3.05, 3.63) is 18.3 Å². The minimum atomic E-state index is 0.135. The summed E-state index contributed by atoms with van der Waals surface area (Å²) < 4.78 is 6.26. The van der Waals surface area contributed by atoms with E-state index < -0.39 is 0 Å². The lowest BCUT2D eigenvalue weighted by Crippen LogP contribution is -2.13. The fourth-order valence-electron chi connectivity index (χ4n) is 1.21. The molecule has 0 amide bonds. The van der Waals surface area contributed by atoms with Crippen LogP contribution in [0.15, 0.2) is 18.3 Å². The van der Waals surface area contributed by atoms with Crippen molar-refractivity contribution in [3.63, 3.8) is 0 Å². The van der Waals surface area contributed by atoms with Crippen molar-refractivity contribution in [3.8, 4) is 17.3 Å². The number of hydrogen-bond donors (Lipinski definition) is 2. The van der Waals surface area contributed by atoms with Crippen molar-refractivity contribution in [2.75, 3.05) is 18.7 Å². The van der Waals surface area contributed by atoms with Gasteiger partial charge in [-0.25, -0.2) is 9.66 Å². The monoisotopic (exact) mass is 206 g/mol. The number of nitrogen functional groups attached to an aromatic ring is 2. The summed E-state index contributed by atoms with van der Waals surface area (Å²) in [6.45, 7) is 0. The molecule has 0 fully saturated rings. The van der Waals surface area contributed by atoms with Crippen molar-refractivity contribution >= 4 is 5.95 Å². The summed E-state index contributed by atoms with van der Waals surface area (Å²) in [5.41, 5.74) is 6.12. The molecule has 0 aliphatic rings. The number of anilines is 1. The fraction of sp³-hybridized carbons (Fsp3) is 0.125. The Morgan fingerprint density at radius 2 is 2.20 bits per heavy atom. The molecule has 0 aliphatic heterocycles. The predicted octanol–water partition coefficient (Wildman–Crippen LogP) is -0.355. The number of ether oxygens (including phenoxy) is 1. The summed E-state index contributed by atoms with van der Waals surface area (Å²) in [5.74, 6) is 6.62. The van der Waals surface area contributed by atoms with Crippen LogP contribution in [-0.2, 0) is 0 Å². The van der Waals surface area contributed by atoms with Crippen molar-refractivity contribution in [1.29, 1.82) is 0 Å². The van der Waals surface area contributed by atoms with E-state index >= 15 is 0 Å². The van der Waals surface area contributed by atoms with Crippen LogP contribution < -0.4 is 16.3 Å². The fourth-order valence-corrected chi connectivity index (χ4v) is 1.21. The highest BCUT2D eigenvalue weighted by molar-refractivity contribution is 5.62. The quantitative estimate of drug-likeness (QED) is 0.650. The molecule has 78 valence electrons. The van der Waals surface area contributed by atoms with Gasteiger partial charge in [0, 0.05) is 6.20 Å². The molecule has 0 aromatic carbocycles. The molecule has 0 atom stereocenters. The predicted molar refractivity (Wildman–Crippen MR) is 54.4 cm³/mol. The van der Waals surface area contributed by atoms with E-state index in [0.717, 1.165) is 0 Å². The largest absolute Gasteiger partial charge is 0.480 e. The molecule has 0 bridgehead atoms. The van der Waals surface area contributed by atoms with Crippen LogP contribution in [0.5, 0.6) is 5.88 Å². The maximum atomic E-state index is 5.64. The molecule has 2 aromatic heterocycles. The Kier molecular flexibility index (Phi) is 2.13. The van der Waals surface area contributed by atoms with Gasteiger partial charge in [-0.3, -0.25) is 0 Å². The Labute approximate surface area is 85.7 Å². The summed E-state index contributed by atoms with van der Waals surface area (Å²) in [7, 11) is 1.52. The second-order valence-electron chi connectivity index (χ2n) is 2.81. The molecule has 0 spiro atoms. The number of methoxy groups -OCH3 is 1. The van der Waals surface area contributed by atoms with Gasteiger partial charge in [0.25, 0.3) is 0 Å². The third kappa shape index (κ3) is 1.43. The minimum Gasteiger partial charge on any atom is -0.480 e. The van der Waals surface area contributed by atoms with E-state index in [2.05, 4.69) is 15.2 Å². The average molecular weight is 206 g/mol. The van der Waals surface area contributed by atoms with Crippen molar-refractivity contribution in [2.45, 2.75) is 0 Å². The maximum absolute atomic E-state index is 5.64. The summed E-state index contributed by atoms with van der Waals surface area (Å²) in [5, 5.41) is 7.49. The summed E-state index contributed by atoms with van der Waals surface area (Å²) in [6, 6.07) is 3.53. The molecule has 4 N–H and O–H groups in total. The number of hydrogen-bond acceptors (Lipinski definition) is 6. The molecule has 2 heterocycles. The first-order valence-electron chi connectivity index (χ1n) is 4.19. The lowest BCUT2D eigenvalue weighted by Gasteiger charge is -2.05. The zero-order valence-electron chi connectivity index (χ0n) is 8.08. The third-order valence-electron chi connectivity index (χ3n) is 1.93. The van der Waals surface area contributed by atoms with E-state index in [0.29, 0.717) is 17.3 Å². The summed E-state index contributed by atoms with van der Waals surface area (Å²) in [4.78, 5) is 4.02. The zero-order chi connectivity index (χ0) is 10.8. The second-order valence-corrected chi connectivity index (χ2v) is 2.81. The van der Waals surface area contributed by atoms with Gasteiger partial charge in [-0.15, -0.1) is 10.2 Å². The maximum Gasteiger partial charge on any atom is 0.241 e. The molecule has 7 heteroatoms. The Morgan fingerprint density at radius 3 is 2.80 bits per heavy atom. The van der Waals surface area contributed by atoms with Crippen LogP contribution >= 0.6 is 0 Å². The molecule has 15 heavy (non-hydrogen) atoms. The van der Waals surface area contributed by atoms with Crippen LogP contribution in [-0.4, -0.2) is 27.0 Å². The average Bonchev–Trinajstić information content (AvgIpc) is 2.60. The van der Waals surface area contributed by atoms with E-state index in [-0.39, 0.29) is 5.95 Å². The molecule has 2 rings (SSSR count). The first-order valence-corrected chi connectivity index (χ1v) is 4.19. The van der Waals surface area contributed by atoms with Crippen LogP contribution in [0.2, 0.25) is 0 Å². The number of nitrogens with zero attached hydrogens (tertiary/aromatic N) is 4. The van der Waals surface area contributed by atoms with Gasteiger partial charge in [0.1, 0.15) is 0 Å². The molecule has 0 radical (unpaired) electrons. The van der Waals surface area contributed by atoms with Crippen molar-refractivity contribution in [2.24, 2.45) is 0 Å². The number of rotatable bonds is 2. The van der Waals surface area contributed by atoms with Gasteiger partial charge in [0.05, 0.1) is 12.7 Å². The first kappa shape index (κ1) is 9.25. The van der Waals surface area contributed by atoms with Gasteiger partial charge in [-0.1, -0.05) is 0 Å². The highest BCUT2D eigenvalue weighted by atomic mass is 16.5. The SMILES string of the molecule is COc1ncccc1-c1nnc(N)n1N. The molecule has 0 aliphatic carbocycles. The highest BCUT2D eigenvalue weighted by Gasteiger charge is 2.14. The van der Waals surface area contributed by atoms with Crippen LogP contribution in [0.25, 0.3) is 11.4 Å². The van der Waals surface area contributed by atoms with Crippen molar-refractivity contribution in [1.82, 2.24) is 19.9 Å². The van der Waals surface area contributed by atoms with E-state index in [9.17, 15) is 0 Å². The smallest absolute Gasteiger partial charge is 0.241 e. The van der Waals surface area contributed by atoms with Crippen LogP contribution in [0, 0.1) is 0 Å². The number of nitrogens with two attached hydrogens (primary N) is 2. The number of aromatic nitrogens is 4. The topological polar surface area (TPSA) is 105 Å². The lowest BCUT2D eigenvalue weighted by atomic mass is 10.2. The lowest BCUT2D eigenvalue weighted by molar-refractivity contribution is 0.399.